The molecule has 3 unspecified atom stereocenters. The number of nitrogens with two attached hydrogens (primary N) is 1. The number of benzene rings is 2. The summed E-state index contributed by atoms with van der Waals surface area (Å²) >= 11 is 0. The summed E-state index contributed by atoms with van der Waals surface area (Å²) in [5, 5.41) is 4.56. The predicted octanol–water partition coefficient (Wildman–Crippen LogP) is 5.01. The highest BCUT2D eigenvalue weighted by molar-refractivity contribution is 5.95. The number of carbonyl (C=O) groups is 1. The lowest BCUT2D eigenvalue weighted by atomic mass is 9.83. The van der Waals surface area contributed by atoms with Crippen molar-refractivity contribution >= 4 is 16.8 Å². The van der Waals surface area contributed by atoms with Gasteiger partial charge in [-0.05, 0) is 68.0 Å². The quantitative estimate of drug-likeness (QED) is 0.449. The van der Waals surface area contributed by atoms with Crippen molar-refractivity contribution < 1.29 is 18.3 Å². The summed E-state index contributed by atoms with van der Waals surface area (Å²) in [4.78, 5) is 15.4. The third-order valence-corrected chi connectivity index (χ3v) is 7.01. The number of hydrogen-bond acceptors (Lipinski definition) is 3. The summed E-state index contributed by atoms with van der Waals surface area (Å²) in [5.41, 5.74) is 8.47. The van der Waals surface area contributed by atoms with E-state index in [1.807, 2.05) is 6.20 Å². The first kappa shape index (κ1) is 21.9. The summed E-state index contributed by atoms with van der Waals surface area (Å²) in [6.45, 7) is 2.50. The molecule has 2 aliphatic rings. The molecule has 3 aromatic rings. The van der Waals surface area contributed by atoms with Gasteiger partial charge in [0.25, 0.3) is 0 Å². The largest absolute Gasteiger partial charge is 0.490 e. The normalized spacial score (nSPS) is 20.9. The number of halogens is 2. The lowest BCUT2D eigenvalue weighted by Gasteiger charge is -2.37. The molecule has 1 amide bonds. The van der Waals surface area contributed by atoms with Crippen molar-refractivity contribution in [3.63, 3.8) is 0 Å². The average Bonchev–Trinajstić information content (AvgIpc) is 3.51. The van der Waals surface area contributed by atoms with Crippen LogP contribution < -0.4 is 15.8 Å². The summed E-state index contributed by atoms with van der Waals surface area (Å²) < 4.78 is 34.1. The minimum Gasteiger partial charge on any atom is -0.490 e. The van der Waals surface area contributed by atoms with Crippen LogP contribution in [0, 0.1) is 23.5 Å². The molecule has 5 nitrogen and oxygen atoms in total. The summed E-state index contributed by atoms with van der Waals surface area (Å²) in [5.74, 6) is -0.379. The van der Waals surface area contributed by atoms with E-state index < -0.39 is 11.7 Å². The number of carbonyl (C=O) groups excluding carboxylic acids is 1. The van der Waals surface area contributed by atoms with E-state index in [1.165, 1.54) is 31.0 Å². The van der Waals surface area contributed by atoms with Crippen molar-refractivity contribution in [2.24, 2.45) is 17.6 Å². The number of fused-ring (bicyclic) bond motifs is 2. The summed E-state index contributed by atoms with van der Waals surface area (Å²) in [6, 6.07) is 7.31. The van der Waals surface area contributed by atoms with Crippen molar-refractivity contribution in [3.05, 3.63) is 64.9 Å². The molecule has 1 aliphatic heterocycles. The van der Waals surface area contributed by atoms with E-state index >= 15 is 0 Å². The zero-order valence-electron chi connectivity index (χ0n) is 18.7. The number of primary amides is 1. The molecule has 3 atom stereocenters. The van der Waals surface area contributed by atoms with E-state index in [0.717, 1.165) is 35.7 Å². The number of aromatic nitrogens is 1. The Bertz CT molecular complexity index is 1190. The van der Waals surface area contributed by atoms with Crippen LogP contribution in [0.1, 0.15) is 60.1 Å². The fraction of sp³-hybridized carbons (Fsp3) is 0.423. The fourth-order valence-electron chi connectivity index (χ4n) is 5.09. The van der Waals surface area contributed by atoms with Gasteiger partial charge in [-0.15, -0.1) is 0 Å². The van der Waals surface area contributed by atoms with Crippen LogP contribution in [0.3, 0.4) is 0 Å². The average molecular weight is 454 g/mol. The van der Waals surface area contributed by atoms with Gasteiger partial charge in [-0.3, -0.25) is 4.79 Å². The highest BCUT2D eigenvalue weighted by Gasteiger charge is 2.39. The van der Waals surface area contributed by atoms with E-state index in [4.69, 9.17) is 10.5 Å². The van der Waals surface area contributed by atoms with Gasteiger partial charge in [0.1, 0.15) is 5.82 Å². The third kappa shape index (κ3) is 4.47. The highest BCUT2D eigenvalue weighted by Crippen LogP contribution is 2.45. The van der Waals surface area contributed by atoms with E-state index in [9.17, 15) is 13.6 Å². The summed E-state index contributed by atoms with van der Waals surface area (Å²) in [7, 11) is 0. The first-order valence-corrected chi connectivity index (χ1v) is 11.7. The third-order valence-electron chi connectivity index (χ3n) is 7.01. The molecule has 5 rings (SSSR count). The maximum absolute atomic E-state index is 14.6. The van der Waals surface area contributed by atoms with E-state index in [2.05, 4.69) is 17.2 Å². The summed E-state index contributed by atoms with van der Waals surface area (Å²) in [6.07, 6.45) is 6.86. The number of rotatable bonds is 8. The van der Waals surface area contributed by atoms with Gasteiger partial charge in [-0.1, -0.05) is 12.8 Å². The number of ether oxygens (including phenoxy) is 1. The maximum Gasteiger partial charge on any atom is 0.249 e. The van der Waals surface area contributed by atoms with Gasteiger partial charge in [-0.25, -0.2) is 8.78 Å². The molecule has 0 bridgehead atoms. The Morgan fingerprint density at radius 2 is 2.09 bits per heavy atom. The Labute approximate surface area is 191 Å². The second-order valence-corrected chi connectivity index (χ2v) is 9.54. The first-order valence-electron chi connectivity index (χ1n) is 11.7. The van der Waals surface area contributed by atoms with Gasteiger partial charge in [0.15, 0.2) is 11.6 Å². The highest BCUT2D eigenvalue weighted by atomic mass is 19.1. The minimum absolute atomic E-state index is 0.0742. The monoisotopic (exact) mass is 453 g/mol. The predicted molar refractivity (Wildman–Crippen MR) is 123 cm³/mol. The van der Waals surface area contributed by atoms with Crippen LogP contribution in [0.15, 0.2) is 36.5 Å². The van der Waals surface area contributed by atoms with Gasteiger partial charge in [0, 0.05) is 46.2 Å². The molecule has 1 fully saturated rings. The molecule has 0 saturated heterocycles. The van der Waals surface area contributed by atoms with Crippen molar-refractivity contribution in [2.45, 2.75) is 51.1 Å². The van der Waals surface area contributed by atoms with Gasteiger partial charge < -0.3 is 20.8 Å². The molecule has 0 radical (unpaired) electrons. The van der Waals surface area contributed by atoms with Crippen LogP contribution in [0.5, 0.6) is 5.75 Å². The number of H-pyrrole nitrogens is 1. The zero-order valence-corrected chi connectivity index (χ0v) is 18.7. The molecule has 1 aliphatic carbocycles. The van der Waals surface area contributed by atoms with Crippen LogP contribution in [0.25, 0.3) is 10.9 Å². The van der Waals surface area contributed by atoms with Gasteiger partial charge in [0.05, 0.1) is 6.61 Å². The Balaban J connectivity index is 1.38. The van der Waals surface area contributed by atoms with E-state index in [-0.39, 0.29) is 29.6 Å². The van der Waals surface area contributed by atoms with Crippen LogP contribution in [-0.4, -0.2) is 23.5 Å². The lowest BCUT2D eigenvalue weighted by molar-refractivity contribution is 0.0990. The second kappa shape index (κ2) is 8.78. The Hall–Kier alpha value is -2.93. The number of hydrogen-bond donors (Lipinski definition) is 3. The van der Waals surface area contributed by atoms with Gasteiger partial charge in [0.2, 0.25) is 5.91 Å². The smallest absolute Gasteiger partial charge is 0.249 e. The number of amides is 1. The second-order valence-electron chi connectivity index (χ2n) is 9.54. The molecule has 7 heteroatoms. The molecule has 4 N–H and O–H groups in total. The van der Waals surface area contributed by atoms with Crippen molar-refractivity contribution in [1.29, 1.82) is 0 Å². The Morgan fingerprint density at radius 1 is 1.27 bits per heavy atom. The molecular weight excluding hydrogens is 424 g/mol. The molecular formula is C26H29F2N3O2. The molecule has 2 heterocycles. The maximum atomic E-state index is 14.6. The van der Waals surface area contributed by atoms with Crippen LogP contribution >= 0.6 is 0 Å². The first-order chi connectivity index (χ1) is 15.9. The van der Waals surface area contributed by atoms with Crippen LogP contribution in [0.2, 0.25) is 0 Å². The van der Waals surface area contributed by atoms with Crippen LogP contribution in [0.4, 0.5) is 8.78 Å². The molecule has 2 aromatic carbocycles. The topological polar surface area (TPSA) is 80.1 Å². The SMILES string of the molecule is CC(CCc1c[nH]c2ccc(F)cc12)NC1c2c(C(N)=O)ccc(F)c2OCC1CC1CC1. The Morgan fingerprint density at radius 3 is 2.85 bits per heavy atom. The fourth-order valence-corrected chi connectivity index (χ4v) is 5.09. The number of aromatic amines is 1. The van der Waals surface area contributed by atoms with Crippen molar-refractivity contribution in [2.75, 3.05) is 6.61 Å². The molecule has 0 spiro atoms. The zero-order chi connectivity index (χ0) is 23.1. The number of aryl methyl sites for hydroxylation is 1. The lowest BCUT2D eigenvalue weighted by Crippen LogP contribution is -2.41. The van der Waals surface area contributed by atoms with Crippen LogP contribution in [-0.2, 0) is 6.42 Å². The van der Waals surface area contributed by atoms with E-state index in [0.29, 0.717) is 23.7 Å². The Kier molecular flexibility index (Phi) is 5.83. The van der Waals surface area contributed by atoms with Crippen molar-refractivity contribution in [3.8, 4) is 5.75 Å². The molecule has 1 saturated carbocycles. The standard InChI is InChI=1S/C26H29F2N3O2/c1-14(2-5-16-12-30-22-9-6-18(27)11-20(16)22)31-24-17(10-15-3-4-15)13-33-25-21(28)8-7-19(23(24)25)26(29)32/h6-9,11-12,14-15,17,24,30-31H,2-5,10,13H2,1H3,(H2,29,32). The number of nitrogens with one attached hydrogen (secondary N) is 2. The van der Waals surface area contributed by atoms with Crippen molar-refractivity contribution in [1.82, 2.24) is 10.3 Å². The molecule has 1 aromatic heterocycles. The minimum atomic E-state index is -0.581. The van der Waals surface area contributed by atoms with Gasteiger partial charge in [-0.2, -0.15) is 0 Å². The molecule has 174 valence electrons. The van der Waals surface area contributed by atoms with E-state index in [1.54, 1.807) is 12.1 Å². The van der Waals surface area contributed by atoms with Gasteiger partial charge >= 0.3 is 0 Å². The molecule has 33 heavy (non-hydrogen) atoms.